The lowest BCUT2D eigenvalue weighted by Crippen LogP contribution is -2.58. The zero-order valence-corrected chi connectivity index (χ0v) is 11.2. The summed E-state index contributed by atoms with van der Waals surface area (Å²) in [6.07, 6.45) is 8.03. The molecule has 1 aromatic rings. The summed E-state index contributed by atoms with van der Waals surface area (Å²) in [5, 5.41) is 8.82. The van der Waals surface area contributed by atoms with E-state index in [-0.39, 0.29) is 5.56 Å². The first-order valence-electron chi connectivity index (χ1n) is 6.88. The van der Waals surface area contributed by atoms with E-state index in [0.717, 1.165) is 19.0 Å². The number of carboxylic acid groups (broad SMARTS) is 1. The maximum atomic E-state index is 10.7. The summed E-state index contributed by atoms with van der Waals surface area (Å²) in [4.78, 5) is 21.2. The van der Waals surface area contributed by atoms with Crippen molar-refractivity contribution in [1.82, 2.24) is 9.97 Å². The van der Waals surface area contributed by atoms with Gasteiger partial charge >= 0.3 is 5.97 Å². The van der Waals surface area contributed by atoms with E-state index in [1.807, 2.05) is 0 Å². The molecule has 5 nitrogen and oxygen atoms in total. The second kappa shape index (κ2) is 4.47. The topological polar surface area (TPSA) is 66.3 Å². The van der Waals surface area contributed by atoms with E-state index in [1.165, 1.54) is 38.1 Å². The molecular formula is C14H19N3O2. The molecular weight excluding hydrogens is 242 g/mol. The van der Waals surface area contributed by atoms with Crippen molar-refractivity contribution in [3.8, 4) is 0 Å². The largest absolute Gasteiger partial charge is 0.478 e. The van der Waals surface area contributed by atoms with Crippen LogP contribution in [0.1, 0.15) is 43.0 Å². The van der Waals surface area contributed by atoms with Crippen LogP contribution in [0, 0.1) is 11.3 Å². The summed E-state index contributed by atoms with van der Waals surface area (Å²) < 4.78 is 0. The van der Waals surface area contributed by atoms with E-state index < -0.39 is 5.97 Å². The standard InChI is InChI=1S/C14H19N3O2/c1-10-2-4-14(5-3-10)8-17(9-14)13-15-6-11(7-16-13)12(18)19/h6-7,10H,2-5,8-9H2,1H3,(H,18,19). The summed E-state index contributed by atoms with van der Waals surface area (Å²) in [5.41, 5.74) is 0.618. The molecule has 2 fully saturated rings. The molecule has 1 N–H and O–H groups in total. The highest BCUT2D eigenvalue weighted by molar-refractivity contribution is 5.86. The summed E-state index contributed by atoms with van der Waals surface area (Å²) in [6, 6.07) is 0. The van der Waals surface area contributed by atoms with E-state index >= 15 is 0 Å². The van der Waals surface area contributed by atoms with Crippen molar-refractivity contribution in [3.63, 3.8) is 0 Å². The van der Waals surface area contributed by atoms with Crippen LogP contribution in [0.3, 0.4) is 0 Å². The van der Waals surface area contributed by atoms with Gasteiger partial charge < -0.3 is 10.0 Å². The van der Waals surface area contributed by atoms with Crippen LogP contribution >= 0.6 is 0 Å². The number of carbonyl (C=O) groups is 1. The molecule has 1 saturated carbocycles. The highest BCUT2D eigenvalue weighted by Gasteiger charge is 2.45. The summed E-state index contributed by atoms with van der Waals surface area (Å²) >= 11 is 0. The molecule has 1 saturated heterocycles. The van der Waals surface area contributed by atoms with Crippen molar-refractivity contribution < 1.29 is 9.90 Å². The van der Waals surface area contributed by atoms with Crippen LogP contribution < -0.4 is 4.90 Å². The molecule has 0 atom stereocenters. The minimum atomic E-state index is -0.979. The molecule has 2 heterocycles. The van der Waals surface area contributed by atoms with Crippen molar-refractivity contribution in [1.29, 1.82) is 0 Å². The van der Waals surface area contributed by atoms with Gasteiger partial charge in [-0.1, -0.05) is 19.8 Å². The Kier molecular flexibility index (Phi) is 2.92. The van der Waals surface area contributed by atoms with Gasteiger partial charge in [0.15, 0.2) is 0 Å². The van der Waals surface area contributed by atoms with E-state index in [9.17, 15) is 4.79 Å². The van der Waals surface area contributed by atoms with Gasteiger partial charge in [-0.25, -0.2) is 14.8 Å². The Bertz CT molecular complexity index is 470. The summed E-state index contributed by atoms with van der Waals surface area (Å²) in [6.45, 7) is 4.37. The maximum absolute atomic E-state index is 10.7. The Hall–Kier alpha value is -1.65. The number of hydrogen-bond acceptors (Lipinski definition) is 4. The zero-order valence-electron chi connectivity index (χ0n) is 11.2. The second-order valence-electron chi connectivity index (χ2n) is 6.12. The highest BCUT2D eigenvalue weighted by Crippen LogP contribution is 2.46. The number of carboxylic acids is 1. The Morgan fingerprint density at radius 1 is 1.32 bits per heavy atom. The van der Waals surface area contributed by atoms with Gasteiger partial charge in [0.05, 0.1) is 5.56 Å². The van der Waals surface area contributed by atoms with Crippen molar-refractivity contribution in [2.75, 3.05) is 18.0 Å². The average Bonchev–Trinajstić information content (AvgIpc) is 2.37. The SMILES string of the molecule is CC1CCC2(CC1)CN(c1ncc(C(=O)O)cn1)C2. The monoisotopic (exact) mass is 261 g/mol. The van der Waals surface area contributed by atoms with Gasteiger partial charge in [0.25, 0.3) is 0 Å². The first-order valence-corrected chi connectivity index (χ1v) is 6.88. The molecule has 1 spiro atoms. The number of hydrogen-bond donors (Lipinski definition) is 1. The van der Waals surface area contributed by atoms with E-state index in [2.05, 4.69) is 21.8 Å². The fourth-order valence-electron chi connectivity index (χ4n) is 3.19. The van der Waals surface area contributed by atoms with Gasteiger partial charge in [0, 0.05) is 30.9 Å². The third-order valence-electron chi connectivity index (χ3n) is 4.56. The van der Waals surface area contributed by atoms with Crippen molar-refractivity contribution >= 4 is 11.9 Å². The second-order valence-corrected chi connectivity index (χ2v) is 6.12. The molecule has 0 unspecified atom stereocenters. The Labute approximate surface area is 112 Å². The molecule has 19 heavy (non-hydrogen) atoms. The van der Waals surface area contributed by atoms with Crippen molar-refractivity contribution in [2.24, 2.45) is 11.3 Å². The zero-order chi connectivity index (χ0) is 13.5. The quantitative estimate of drug-likeness (QED) is 0.884. The molecule has 5 heteroatoms. The number of nitrogens with zero attached hydrogens (tertiary/aromatic N) is 3. The Morgan fingerprint density at radius 3 is 2.42 bits per heavy atom. The number of anilines is 1. The molecule has 3 rings (SSSR count). The molecule has 0 aromatic carbocycles. The molecule has 0 bridgehead atoms. The van der Waals surface area contributed by atoms with Crippen LogP contribution in [0.4, 0.5) is 5.95 Å². The maximum Gasteiger partial charge on any atom is 0.338 e. The van der Waals surface area contributed by atoms with Crippen LogP contribution in [0.25, 0.3) is 0 Å². The first-order chi connectivity index (χ1) is 9.08. The van der Waals surface area contributed by atoms with Crippen molar-refractivity contribution in [2.45, 2.75) is 32.6 Å². The van der Waals surface area contributed by atoms with Crippen LogP contribution in [0.2, 0.25) is 0 Å². The van der Waals surface area contributed by atoms with Gasteiger partial charge in [0.1, 0.15) is 0 Å². The van der Waals surface area contributed by atoms with Crippen LogP contribution in [0.5, 0.6) is 0 Å². The Balaban J connectivity index is 1.62. The van der Waals surface area contributed by atoms with E-state index in [1.54, 1.807) is 0 Å². The third-order valence-corrected chi connectivity index (χ3v) is 4.56. The van der Waals surface area contributed by atoms with Gasteiger partial charge in [-0.05, 0) is 18.8 Å². The Morgan fingerprint density at radius 2 is 1.89 bits per heavy atom. The number of aromatic nitrogens is 2. The number of aromatic carboxylic acids is 1. The minimum absolute atomic E-state index is 0.144. The summed E-state index contributed by atoms with van der Waals surface area (Å²) in [5.74, 6) is 0.549. The third kappa shape index (κ3) is 2.29. The molecule has 1 aliphatic heterocycles. The van der Waals surface area contributed by atoms with Crippen LogP contribution in [0.15, 0.2) is 12.4 Å². The number of rotatable bonds is 2. The predicted molar refractivity (Wildman–Crippen MR) is 71.3 cm³/mol. The van der Waals surface area contributed by atoms with Crippen molar-refractivity contribution in [3.05, 3.63) is 18.0 Å². The summed E-state index contributed by atoms with van der Waals surface area (Å²) in [7, 11) is 0. The highest BCUT2D eigenvalue weighted by atomic mass is 16.4. The van der Waals surface area contributed by atoms with E-state index in [0.29, 0.717) is 11.4 Å². The van der Waals surface area contributed by atoms with E-state index in [4.69, 9.17) is 5.11 Å². The van der Waals surface area contributed by atoms with Crippen LogP contribution in [-0.4, -0.2) is 34.1 Å². The smallest absolute Gasteiger partial charge is 0.338 e. The fraction of sp³-hybridized carbons (Fsp3) is 0.643. The van der Waals surface area contributed by atoms with Gasteiger partial charge in [-0.15, -0.1) is 0 Å². The molecule has 1 aromatic heterocycles. The van der Waals surface area contributed by atoms with Gasteiger partial charge in [-0.2, -0.15) is 0 Å². The normalized spacial score (nSPS) is 22.3. The molecule has 1 aliphatic carbocycles. The minimum Gasteiger partial charge on any atom is -0.478 e. The van der Waals surface area contributed by atoms with Gasteiger partial charge in [0.2, 0.25) is 5.95 Å². The average molecular weight is 261 g/mol. The first kappa shape index (κ1) is 12.4. The fourth-order valence-corrected chi connectivity index (χ4v) is 3.19. The lowest BCUT2D eigenvalue weighted by Gasteiger charge is -2.53. The lowest BCUT2D eigenvalue weighted by molar-refractivity contribution is 0.0695. The van der Waals surface area contributed by atoms with Gasteiger partial charge in [-0.3, -0.25) is 0 Å². The predicted octanol–water partition coefficient (Wildman–Crippen LogP) is 2.19. The lowest BCUT2D eigenvalue weighted by atomic mass is 9.66. The van der Waals surface area contributed by atoms with Crippen LogP contribution in [-0.2, 0) is 0 Å². The molecule has 2 aliphatic rings. The molecule has 0 amide bonds. The molecule has 0 radical (unpaired) electrons. The molecule has 102 valence electrons.